The summed E-state index contributed by atoms with van der Waals surface area (Å²) >= 11 is 0. The number of hydrogen-bond acceptors (Lipinski definition) is 4. The Kier molecular flexibility index (Phi) is 3.84. The summed E-state index contributed by atoms with van der Waals surface area (Å²) in [6.07, 6.45) is 0. The molecule has 7 heteroatoms. The van der Waals surface area contributed by atoms with E-state index in [0.717, 1.165) is 17.7 Å². The molecule has 0 aliphatic rings. The molecule has 0 atom stereocenters. The van der Waals surface area contributed by atoms with E-state index in [1.807, 2.05) is 0 Å². The van der Waals surface area contributed by atoms with Crippen LogP contribution in [0.2, 0.25) is 0 Å². The average molecular weight is 289 g/mol. The lowest BCUT2D eigenvalue weighted by atomic mass is 10.1. The van der Waals surface area contributed by atoms with E-state index in [4.69, 9.17) is 5.73 Å². The number of aryl methyl sites for hydroxylation is 1. The zero-order valence-corrected chi connectivity index (χ0v) is 11.1. The second-order valence-electron chi connectivity index (χ2n) is 4.45. The number of halogens is 1. The van der Waals surface area contributed by atoms with Gasteiger partial charge < -0.3 is 11.1 Å². The molecule has 108 valence electrons. The van der Waals surface area contributed by atoms with Gasteiger partial charge in [0, 0.05) is 23.0 Å². The number of nitrogen functional groups attached to an aromatic ring is 1. The molecule has 6 nitrogen and oxygen atoms in total. The molecule has 2 rings (SSSR count). The van der Waals surface area contributed by atoms with Crippen molar-refractivity contribution in [2.75, 3.05) is 11.1 Å². The minimum atomic E-state index is -0.957. The van der Waals surface area contributed by atoms with Crippen molar-refractivity contribution < 1.29 is 14.1 Å². The van der Waals surface area contributed by atoms with Gasteiger partial charge in [-0.15, -0.1) is 0 Å². The number of nitro groups is 1. The van der Waals surface area contributed by atoms with Gasteiger partial charge in [-0.1, -0.05) is 0 Å². The zero-order valence-electron chi connectivity index (χ0n) is 11.1. The molecule has 0 fully saturated rings. The predicted molar refractivity (Wildman–Crippen MR) is 76.6 cm³/mol. The Bertz CT molecular complexity index is 731. The highest BCUT2D eigenvalue weighted by molar-refractivity contribution is 6.04. The third-order valence-corrected chi connectivity index (χ3v) is 2.93. The number of anilines is 2. The standard InChI is InChI=1S/C14H12FN3O3/c1-8-6-9(2-5-12(8)16)14(19)17-10-3-4-11(15)13(7-10)18(20)21/h2-7H,16H2,1H3,(H,17,19). The Balaban J connectivity index is 2.25. The van der Waals surface area contributed by atoms with Crippen molar-refractivity contribution >= 4 is 23.0 Å². The van der Waals surface area contributed by atoms with Crippen LogP contribution >= 0.6 is 0 Å². The van der Waals surface area contributed by atoms with Crippen molar-refractivity contribution in [3.63, 3.8) is 0 Å². The van der Waals surface area contributed by atoms with Gasteiger partial charge in [0.1, 0.15) is 0 Å². The summed E-state index contributed by atoms with van der Waals surface area (Å²) in [5.74, 6) is -1.42. The normalized spacial score (nSPS) is 10.2. The van der Waals surface area contributed by atoms with Crippen molar-refractivity contribution in [2.24, 2.45) is 0 Å². The van der Waals surface area contributed by atoms with Gasteiger partial charge in [0.15, 0.2) is 0 Å². The highest BCUT2D eigenvalue weighted by atomic mass is 19.1. The molecule has 21 heavy (non-hydrogen) atoms. The van der Waals surface area contributed by atoms with Gasteiger partial charge in [-0.3, -0.25) is 14.9 Å². The molecule has 2 aromatic rings. The van der Waals surface area contributed by atoms with Crippen molar-refractivity contribution in [3.8, 4) is 0 Å². The molecule has 0 bridgehead atoms. The highest BCUT2D eigenvalue weighted by Crippen LogP contribution is 2.22. The van der Waals surface area contributed by atoms with Gasteiger partial charge in [-0.25, -0.2) is 0 Å². The lowest BCUT2D eigenvalue weighted by Gasteiger charge is -2.07. The van der Waals surface area contributed by atoms with E-state index in [0.29, 0.717) is 11.3 Å². The number of amides is 1. The maximum absolute atomic E-state index is 13.2. The Hall–Kier alpha value is -2.96. The van der Waals surface area contributed by atoms with E-state index in [9.17, 15) is 19.3 Å². The van der Waals surface area contributed by atoms with Gasteiger partial charge in [-0.2, -0.15) is 4.39 Å². The molecule has 0 spiro atoms. The summed E-state index contributed by atoms with van der Waals surface area (Å²) in [6, 6.07) is 7.89. The van der Waals surface area contributed by atoms with Crippen molar-refractivity contribution in [1.29, 1.82) is 0 Å². The van der Waals surface area contributed by atoms with Gasteiger partial charge in [0.25, 0.3) is 5.91 Å². The van der Waals surface area contributed by atoms with Crippen LogP contribution in [0.1, 0.15) is 15.9 Å². The van der Waals surface area contributed by atoms with E-state index in [-0.39, 0.29) is 5.69 Å². The SMILES string of the molecule is Cc1cc(C(=O)Nc2ccc(F)c([N+](=O)[O-])c2)ccc1N. The van der Waals surface area contributed by atoms with Crippen molar-refractivity contribution in [1.82, 2.24) is 0 Å². The van der Waals surface area contributed by atoms with E-state index in [1.165, 1.54) is 12.1 Å². The number of carbonyl (C=O) groups is 1. The Morgan fingerprint density at radius 2 is 2.00 bits per heavy atom. The minimum absolute atomic E-state index is 0.141. The van der Waals surface area contributed by atoms with Crippen LogP contribution < -0.4 is 11.1 Å². The molecule has 3 N–H and O–H groups in total. The van der Waals surface area contributed by atoms with Gasteiger partial charge in [0.2, 0.25) is 5.82 Å². The molecule has 0 aliphatic heterocycles. The Morgan fingerprint density at radius 1 is 1.29 bits per heavy atom. The first-order valence-electron chi connectivity index (χ1n) is 6.00. The van der Waals surface area contributed by atoms with Gasteiger partial charge in [0.05, 0.1) is 4.92 Å². The molecular formula is C14H12FN3O3. The van der Waals surface area contributed by atoms with Gasteiger partial charge in [-0.05, 0) is 42.8 Å². The summed E-state index contributed by atoms with van der Waals surface area (Å²) in [6.45, 7) is 1.76. The van der Waals surface area contributed by atoms with Crippen molar-refractivity contribution in [2.45, 2.75) is 6.92 Å². The number of carbonyl (C=O) groups excluding carboxylic acids is 1. The Labute approximate surface area is 119 Å². The van der Waals surface area contributed by atoms with Crippen molar-refractivity contribution in [3.05, 3.63) is 63.5 Å². The first-order valence-corrected chi connectivity index (χ1v) is 6.00. The molecule has 0 aliphatic carbocycles. The van der Waals surface area contributed by atoms with Gasteiger partial charge >= 0.3 is 5.69 Å². The fourth-order valence-electron chi connectivity index (χ4n) is 1.75. The number of nitrogens with zero attached hydrogens (tertiary/aromatic N) is 1. The number of nitro benzene ring substituents is 1. The molecule has 0 saturated heterocycles. The maximum atomic E-state index is 13.2. The minimum Gasteiger partial charge on any atom is -0.399 e. The van der Waals surface area contributed by atoms with Crippen LogP contribution in [0, 0.1) is 22.9 Å². The van der Waals surface area contributed by atoms with Crippen LogP contribution in [-0.4, -0.2) is 10.8 Å². The monoisotopic (exact) mass is 289 g/mol. The van der Waals surface area contributed by atoms with Crippen LogP contribution in [0.4, 0.5) is 21.5 Å². The average Bonchev–Trinajstić information content (AvgIpc) is 2.43. The topological polar surface area (TPSA) is 98.3 Å². The molecule has 1 amide bonds. The summed E-state index contributed by atoms with van der Waals surface area (Å²) < 4.78 is 13.2. The quantitative estimate of drug-likeness (QED) is 0.515. The number of nitrogens with one attached hydrogen (secondary N) is 1. The summed E-state index contributed by atoms with van der Waals surface area (Å²) in [4.78, 5) is 21.8. The zero-order chi connectivity index (χ0) is 15.6. The molecule has 0 radical (unpaired) electrons. The summed E-state index contributed by atoms with van der Waals surface area (Å²) in [7, 11) is 0. The highest BCUT2D eigenvalue weighted by Gasteiger charge is 2.16. The molecule has 2 aromatic carbocycles. The van der Waals surface area contributed by atoms with E-state index < -0.39 is 22.3 Å². The van der Waals surface area contributed by atoms with Crippen LogP contribution in [0.5, 0.6) is 0 Å². The van der Waals surface area contributed by atoms with E-state index >= 15 is 0 Å². The third-order valence-electron chi connectivity index (χ3n) is 2.93. The van der Waals surface area contributed by atoms with Crippen LogP contribution in [0.15, 0.2) is 36.4 Å². The third kappa shape index (κ3) is 3.14. The summed E-state index contributed by atoms with van der Waals surface area (Å²) in [5, 5.41) is 13.1. The Morgan fingerprint density at radius 3 is 2.62 bits per heavy atom. The van der Waals surface area contributed by atoms with E-state index in [1.54, 1.807) is 19.1 Å². The molecule has 0 unspecified atom stereocenters. The number of benzene rings is 2. The fourth-order valence-corrected chi connectivity index (χ4v) is 1.75. The second kappa shape index (κ2) is 5.58. The smallest absolute Gasteiger partial charge is 0.306 e. The molecule has 0 heterocycles. The molecular weight excluding hydrogens is 277 g/mol. The number of rotatable bonds is 3. The predicted octanol–water partition coefficient (Wildman–Crippen LogP) is 2.88. The molecule has 0 aromatic heterocycles. The first kappa shape index (κ1) is 14.4. The largest absolute Gasteiger partial charge is 0.399 e. The first-order chi connectivity index (χ1) is 9.88. The summed E-state index contributed by atoms with van der Waals surface area (Å²) in [5.41, 5.74) is 6.77. The second-order valence-corrected chi connectivity index (χ2v) is 4.45. The number of hydrogen-bond donors (Lipinski definition) is 2. The van der Waals surface area contributed by atoms with Crippen LogP contribution in [-0.2, 0) is 0 Å². The van der Waals surface area contributed by atoms with Crippen LogP contribution in [0.25, 0.3) is 0 Å². The van der Waals surface area contributed by atoms with E-state index in [2.05, 4.69) is 5.32 Å². The maximum Gasteiger partial charge on any atom is 0.306 e. The van der Waals surface area contributed by atoms with Crippen LogP contribution in [0.3, 0.4) is 0 Å². The fraction of sp³-hybridized carbons (Fsp3) is 0.0714. The lowest BCUT2D eigenvalue weighted by Crippen LogP contribution is -2.12. The number of nitrogens with two attached hydrogens (primary N) is 1. The lowest BCUT2D eigenvalue weighted by molar-refractivity contribution is -0.387. The molecule has 0 saturated carbocycles.